The summed E-state index contributed by atoms with van der Waals surface area (Å²) in [5.41, 5.74) is 0. The molecule has 0 amide bonds. The number of hydrogen-bond donors (Lipinski definition) is 0. The van der Waals surface area contributed by atoms with Crippen molar-refractivity contribution in [2.24, 2.45) is 0 Å². The van der Waals surface area contributed by atoms with E-state index in [1.165, 1.54) is 5.15 Å². The monoisotopic (exact) mass is 156 g/mol. The quantitative estimate of drug-likeness (QED) is 0.469. The van der Waals surface area contributed by atoms with Crippen molar-refractivity contribution < 1.29 is 33.7 Å². The van der Waals surface area contributed by atoms with Gasteiger partial charge in [0, 0.05) is 24.6 Å². The second-order valence-corrected chi connectivity index (χ2v) is 0.0583. The Labute approximate surface area is 34.5 Å². The molecule has 0 heterocycles. The zero-order valence-electron chi connectivity index (χ0n) is 1.52. The van der Waals surface area contributed by atoms with Gasteiger partial charge in [-0.2, -0.15) is 0 Å². The van der Waals surface area contributed by atoms with E-state index in [-0.39, 0.29) is 19.5 Å². The fraction of sp³-hybridized carbons (Fsp3) is 0. The summed E-state index contributed by atoms with van der Waals surface area (Å²) in [7, 11) is 0. The average Bonchev–Trinajstić information content (AvgIpc) is 0.918. The van der Waals surface area contributed by atoms with Gasteiger partial charge in [-0.05, 0) is 9.05 Å². The first kappa shape index (κ1) is 8.82. The normalized spacial score (nSPS) is 4.50. The van der Waals surface area contributed by atoms with Crippen LogP contribution in [0.5, 0.6) is 0 Å². The second-order valence-electron chi connectivity index (χ2n) is 0.0583. The van der Waals surface area contributed by atoms with Gasteiger partial charge in [-0.25, -0.2) is 0 Å². The van der Waals surface area contributed by atoms with Crippen LogP contribution in [0, 0.1) is 0 Å². The molecular formula is F2ORu. The van der Waals surface area contributed by atoms with Gasteiger partial charge in [0.25, 0.3) is 0 Å². The van der Waals surface area contributed by atoms with E-state index in [1.54, 1.807) is 0 Å². The Morgan fingerprint density at radius 1 is 1.25 bits per heavy atom. The van der Waals surface area contributed by atoms with Crippen LogP contribution in [0.15, 0.2) is 0 Å². The summed E-state index contributed by atoms with van der Waals surface area (Å²) in [6.07, 6.45) is 0. The topological polar surface area (TPSA) is 9.23 Å². The molecule has 4 heteroatoms. The van der Waals surface area contributed by atoms with Crippen molar-refractivity contribution >= 4 is 0 Å². The van der Waals surface area contributed by atoms with Crippen LogP contribution in [-0.2, 0) is 24.6 Å². The Morgan fingerprint density at radius 2 is 1.25 bits per heavy atom. The van der Waals surface area contributed by atoms with E-state index in [2.05, 4.69) is 0 Å². The van der Waals surface area contributed by atoms with Crippen molar-refractivity contribution in [3.05, 3.63) is 0 Å². The third-order valence-corrected chi connectivity index (χ3v) is 0. The summed E-state index contributed by atoms with van der Waals surface area (Å²) in [4.78, 5) is 0. The molecule has 0 saturated carbocycles. The van der Waals surface area contributed by atoms with Gasteiger partial charge in [-0.1, -0.05) is 0 Å². The predicted octanol–water partition coefficient (Wildman–Crippen LogP) is 0.770. The first-order valence-corrected chi connectivity index (χ1v) is 0.309. The van der Waals surface area contributed by atoms with E-state index in [0.29, 0.717) is 0 Å². The first-order valence-electron chi connectivity index (χ1n) is 0.309. The van der Waals surface area contributed by atoms with Gasteiger partial charge in [-0.15, -0.1) is 0 Å². The predicted molar refractivity (Wildman–Crippen MR) is 3.30 cm³/mol. The van der Waals surface area contributed by atoms with Crippen LogP contribution in [0.3, 0.4) is 0 Å². The fourth-order valence-corrected chi connectivity index (χ4v) is 0. The van der Waals surface area contributed by atoms with Crippen LogP contribution < -0.4 is 0 Å². The van der Waals surface area contributed by atoms with Crippen molar-refractivity contribution in [2.45, 2.75) is 0 Å². The van der Waals surface area contributed by atoms with Crippen LogP contribution in [0.2, 0.25) is 0 Å². The SMILES string of the molecule is FOF.[Ru]. The molecule has 0 rings (SSSR count). The molecule has 1 nitrogen and oxygen atoms in total. The van der Waals surface area contributed by atoms with E-state index in [0.717, 1.165) is 0 Å². The van der Waals surface area contributed by atoms with Crippen LogP contribution in [0.1, 0.15) is 0 Å². The van der Waals surface area contributed by atoms with Gasteiger partial charge in [0.2, 0.25) is 0 Å². The van der Waals surface area contributed by atoms with Crippen LogP contribution >= 0.6 is 0 Å². The Hall–Kier alpha value is 0.443. The van der Waals surface area contributed by atoms with E-state index in [1.807, 2.05) is 0 Å². The summed E-state index contributed by atoms with van der Waals surface area (Å²) in [5.74, 6) is 0. The Morgan fingerprint density at radius 3 is 1.25 bits per heavy atom. The third kappa shape index (κ3) is 25.9. The summed E-state index contributed by atoms with van der Waals surface area (Å²) in [6, 6.07) is 0. The largest absolute Gasteiger partial charge is 0.0209 e. The molecular weight excluding hydrogens is 155 g/mol. The maximum atomic E-state index is 9.12. The van der Waals surface area contributed by atoms with Crippen LogP contribution in [0.4, 0.5) is 9.05 Å². The molecule has 4 heavy (non-hydrogen) atoms. The minimum atomic E-state index is 0. The molecule has 0 aliphatic carbocycles. The van der Waals surface area contributed by atoms with Crippen LogP contribution in [-0.4, -0.2) is 0 Å². The van der Waals surface area contributed by atoms with Crippen molar-refractivity contribution in [3.63, 3.8) is 0 Å². The zero-order chi connectivity index (χ0) is 2.71. The summed E-state index contributed by atoms with van der Waals surface area (Å²) in [5, 5.41) is 1.25. The molecule has 0 spiro atoms. The zero-order valence-corrected chi connectivity index (χ0v) is 3.26. The molecule has 0 N–H and O–H groups in total. The molecule has 0 bridgehead atoms. The Balaban J connectivity index is 0. The minimum absolute atomic E-state index is 0. The van der Waals surface area contributed by atoms with Gasteiger partial charge in [0.1, 0.15) is 0 Å². The van der Waals surface area contributed by atoms with Crippen molar-refractivity contribution in [2.75, 3.05) is 0 Å². The summed E-state index contributed by atoms with van der Waals surface area (Å²) >= 11 is 0. The molecule has 0 aromatic rings. The minimum Gasteiger partial charge on any atom is -0.0104 e. The van der Waals surface area contributed by atoms with E-state index < -0.39 is 0 Å². The molecule has 0 fully saturated rings. The van der Waals surface area contributed by atoms with Gasteiger partial charge >= 0.3 is 0 Å². The number of hydrogen-bond acceptors (Lipinski definition) is 1. The Bertz CT molecular complexity index is 6.00. The van der Waals surface area contributed by atoms with E-state index in [9.17, 15) is 0 Å². The maximum Gasteiger partial charge on any atom is 0.0209 e. The molecule has 0 unspecified atom stereocenters. The van der Waals surface area contributed by atoms with Gasteiger partial charge in [0.15, 0.2) is 0 Å². The Kier molecular flexibility index (Phi) is 21.8. The van der Waals surface area contributed by atoms with Crippen molar-refractivity contribution in [1.82, 2.24) is 0 Å². The molecule has 0 atom stereocenters. The average molecular weight is 155 g/mol. The van der Waals surface area contributed by atoms with Gasteiger partial charge < -0.3 is 0 Å². The third-order valence-electron chi connectivity index (χ3n) is 0. The van der Waals surface area contributed by atoms with Crippen molar-refractivity contribution in [1.29, 1.82) is 0 Å². The number of rotatable bonds is 0. The van der Waals surface area contributed by atoms with Crippen LogP contribution in [0.25, 0.3) is 0 Å². The van der Waals surface area contributed by atoms with E-state index >= 15 is 0 Å². The molecule has 28 valence electrons. The molecule has 0 radical (unpaired) electrons. The van der Waals surface area contributed by atoms with E-state index in [4.69, 9.17) is 9.05 Å². The fourth-order valence-electron chi connectivity index (χ4n) is 0. The molecule has 0 aliphatic heterocycles. The molecule has 0 aromatic carbocycles. The van der Waals surface area contributed by atoms with Gasteiger partial charge in [0.05, 0.1) is 0 Å². The molecule has 0 aliphatic rings. The molecule has 0 saturated heterocycles. The summed E-state index contributed by atoms with van der Waals surface area (Å²) < 4.78 is 18.2. The standard InChI is InChI=1S/F2O.Ru/c1-3-2;. The second kappa shape index (κ2) is 9.87. The number of halogens is 2. The summed E-state index contributed by atoms with van der Waals surface area (Å²) in [6.45, 7) is 0. The van der Waals surface area contributed by atoms with Gasteiger partial charge in [-0.3, -0.25) is 0 Å². The smallest absolute Gasteiger partial charge is 0.0104 e. The van der Waals surface area contributed by atoms with Crippen molar-refractivity contribution in [3.8, 4) is 0 Å². The molecule has 0 aromatic heterocycles. The maximum absolute atomic E-state index is 9.12. The first-order chi connectivity index (χ1) is 1.41.